The molecule has 15 heavy (non-hydrogen) atoms. The average molecular weight is 210 g/mol. The molecule has 1 atom stereocenters. The first kappa shape index (κ1) is 12.3. The van der Waals surface area contributed by atoms with E-state index in [-0.39, 0.29) is 5.41 Å². The van der Waals surface area contributed by atoms with Crippen LogP contribution in [0.2, 0.25) is 0 Å². The largest absolute Gasteiger partial charge is 0.481 e. The maximum absolute atomic E-state index is 11.1. The summed E-state index contributed by atoms with van der Waals surface area (Å²) < 4.78 is 0. The van der Waals surface area contributed by atoms with E-state index in [9.17, 15) is 4.79 Å². The number of hydrogen-bond acceptors (Lipinski definition) is 1. The summed E-state index contributed by atoms with van der Waals surface area (Å²) in [6, 6.07) is 0. The molecular formula is C13H22O2. The molecule has 1 rings (SSSR count). The van der Waals surface area contributed by atoms with Gasteiger partial charge >= 0.3 is 5.97 Å². The number of hydrogen-bond donors (Lipinski definition) is 1. The quantitative estimate of drug-likeness (QED) is 0.705. The van der Waals surface area contributed by atoms with Crippen LogP contribution in [0.4, 0.5) is 0 Å². The summed E-state index contributed by atoms with van der Waals surface area (Å²) in [6.45, 7) is 8.51. The fraction of sp³-hybridized carbons (Fsp3) is 0.769. The van der Waals surface area contributed by atoms with Gasteiger partial charge in [-0.25, -0.2) is 0 Å². The lowest BCUT2D eigenvalue weighted by molar-refractivity contribution is -0.144. The second-order valence-corrected chi connectivity index (χ2v) is 5.57. The summed E-state index contributed by atoms with van der Waals surface area (Å²) in [4.78, 5) is 11.1. The van der Waals surface area contributed by atoms with Gasteiger partial charge in [0.1, 0.15) is 0 Å². The Morgan fingerprint density at radius 2 is 2.07 bits per heavy atom. The van der Waals surface area contributed by atoms with E-state index in [1.165, 1.54) is 0 Å². The molecule has 2 heteroatoms. The Labute approximate surface area is 92.4 Å². The number of aliphatic carboxylic acids is 1. The molecule has 86 valence electrons. The van der Waals surface area contributed by atoms with Gasteiger partial charge in [-0.1, -0.05) is 32.9 Å². The van der Waals surface area contributed by atoms with Crippen LogP contribution >= 0.6 is 0 Å². The molecule has 0 aromatic heterocycles. The van der Waals surface area contributed by atoms with Crippen molar-refractivity contribution in [1.82, 2.24) is 0 Å². The third kappa shape index (κ3) is 2.61. The molecule has 1 fully saturated rings. The van der Waals surface area contributed by atoms with Crippen molar-refractivity contribution in [3.63, 3.8) is 0 Å². The number of allylic oxidation sites excluding steroid dienone is 2. The van der Waals surface area contributed by atoms with Crippen molar-refractivity contribution in [3.8, 4) is 0 Å². The van der Waals surface area contributed by atoms with Crippen LogP contribution in [-0.2, 0) is 4.79 Å². The molecule has 1 saturated carbocycles. The van der Waals surface area contributed by atoms with E-state index in [0.717, 1.165) is 19.3 Å². The minimum Gasteiger partial charge on any atom is -0.481 e. The van der Waals surface area contributed by atoms with E-state index in [2.05, 4.69) is 26.8 Å². The highest BCUT2D eigenvalue weighted by Gasteiger charge is 2.53. The van der Waals surface area contributed by atoms with Gasteiger partial charge in [-0.15, -0.1) is 0 Å². The van der Waals surface area contributed by atoms with Crippen LogP contribution in [0.15, 0.2) is 12.2 Å². The summed E-state index contributed by atoms with van der Waals surface area (Å²) in [5, 5.41) is 9.16. The average Bonchev–Trinajstić information content (AvgIpc) is 2.85. The van der Waals surface area contributed by atoms with Crippen molar-refractivity contribution in [1.29, 1.82) is 0 Å². The van der Waals surface area contributed by atoms with Gasteiger partial charge in [0, 0.05) is 0 Å². The Kier molecular flexibility index (Phi) is 3.27. The van der Waals surface area contributed by atoms with E-state index >= 15 is 0 Å². The minimum atomic E-state index is -0.608. The molecule has 0 aromatic carbocycles. The first-order chi connectivity index (χ1) is 6.84. The van der Waals surface area contributed by atoms with Crippen molar-refractivity contribution in [2.75, 3.05) is 0 Å². The van der Waals surface area contributed by atoms with Crippen LogP contribution < -0.4 is 0 Å². The highest BCUT2D eigenvalue weighted by Crippen LogP contribution is 2.55. The van der Waals surface area contributed by atoms with Crippen LogP contribution in [-0.4, -0.2) is 11.1 Å². The van der Waals surface area contributed by atoms with Gasteiger partial charge in [0.25, 0.3) is 0 Å². The molecule has 0 heterocycles. The van der Waals surface area contributed by atoms with Crippen LogP contribution in [0.5, 0.6) is 0 Å². The molecule has 2 nitrogen and oxygen atoms in total. The van der Waals surface area contributed by atoms with Crippen molar-refractivity contribution in [2.45, 2.75) is 47.0 Å². The predicted molar refractivity (Wildman–Crippen MR) is 61.7 cm³/mol. The zero-order valence-electron chi connectivity index (χ0n) is 10.2. The second kappa shape index (κ2) is 3.99. The first-order valence-electron chi connectivity index (χ1n) is 5.70. The zero-order valence-corrected chi connectivity index (χ0v) is 10.2. The molecule has 1 aliphatic rings. The zero-order chi connectivity index (χ0) is 11.7. The third-order valence-electron chi connectivity index (χ3n) is 3.82. The topological polar surface area (TPSA) is 37.3 Å². The third-order valence-corrected chi connectivity index (χ3v) is 3.82. The maximum atomic E-state index is 11.1. The molecule has 0 bridgehead atoms. The Morgan fingerprint density at radius 1 is 1.53 bits per heavy atom. The molecule has 0 aliphatic heterocycles. The molecule has 1 N–H and O–H groups in total. The van der Waals surface area contributed by atoms with Crippen molar-refractivity contribution in [2.24, 2.45) is 16.7 Å². The Morgan fingerprint density at radius 3 is 2.40 bits per heavy atom. The number of carboxylic acids is 1. The minimum absolute atomic E-state index is 0.0708. The highest BCUT2D eigenvalue weighted by atomic mass is 16.4. The van der Waals surface area contributed by atoms with Gasteiger partial charge in [-0.3, -0.25) is 4.79 Å². The van der Waals surface area contributed by atoms with Gasteiger partial charge in [-0.05, 0) is 37.5 Å². The molecular weight excluding hydrogens is 188 g/mol. The van der Waals surface area contributed by atoms with Crippen molar-refractivity contribution >= 4 is 5.97 Å². The van der Waals surface area contributed by atoms with E-state index in [0.29, 0.717) is 5.92 Å². The lowest BCUT2D eigenvalue weighted by atomic mass is 9.72. The fourth-order valence-electron chi connectivity index (χ4n) is 2.20. The summed E-state index contributed by atoms with van der Waals surface area (Å²) in [5.41, 5.74) is -0.333. The van der Waals surface area contributed by atoms with Gasteiger partial charge in [-0.2, -0.15) is 0 Å². The van der Waals surface area contributed by atoms with E-state index in [1.807, 2.05) is 13.0 Å². The molecule has 0 spiro atoms. The lowest BCUT2D eigenvalue weighted by Gasteiger charge is -2.32. The maximum Gasteiger partial charge on any atom is 0.309 e. The molecule has 0 radical (unpaired) electrons. The summed E-state index contributed by atoms with van der Waals surface area (Å²) >= 11 is 0. The van der Waals surface area contributed by atoms with Gasteiger partial charge in [0.2, 0.25) is 0 Å². The first-order valence-corrected chi connectivity index (χ1v) is 5.70. The molecule has 1 unspecified atom stereocenters. The molecule has 0 aromatic rings. The summed E-state index contributed by atoms with van der Waals surface area (Å²) in [6.07, 6.45) is 6.72. The van der Waals surface area contributed by atoms with E-state index < -0.39 is 11.4 Å². The normalized spacial score (nSPS) is 21.6. The molecule has 1 aliphatic carbocycles. The molecule has 0 saturated heterocycles. The number of carbonyl (C=O) groups is 1. The van der Waals surface area contributed by atoms with Gasteiger partial charge in [0.15, 0.2) is 0 Å². The number of carboxylic acid groups (broad SMARTS) is 1. The second-order valence-electron chi connectivity index (χ2n) is 5.57. The highest BCUT2D eigenvalue weighted by molar-refractivity contribution is 5.77. The summed E-state index contributed by atoms with van der Waals surface area (Å²) in [5.74, 6) is -0.178. The van der Waals surface area contributed by atoms with Crippen molar-refractivity contribution < 1.29 is 9.90 Å². The SMILES string of the molecule is CC=CC(C)C(C)(C)CC1(C(=O)O)CC1. The van der Waals surface area contributed by atoms with Gasteiger partial charge in [0.05, 0.1) is 5.41 Å². The Balaban J connectivity index is 2.67. The smallest absolute Gasteiger partial charge is 0.309 e. The molecule has 0 amide bonds. The fourth-order valence-corrected chi connectivity index (χ4v) is 2.20. The van der Waals surface area contributed by atoms with E-state index in [4.69, 9.17) is 5.11 Å². The Bertz CT molecular complexity index is 272. The summed E-state index contributed by atoms with van der Waals surface area (Å²) in [7, 11) is 0. The van der Waals surface area contributed by atoms with E-state index in [1.54, 1.807) is 0 Å². The predicted octanol–water partition coefficient (Wildman–Crippen LogP) is 3.48. The monoisotopic (exact) mass is 210 g/mol. The van der Waals surface area contributed by atoms with Crippen LogP contribution in [0.1, 0.15) is 47.0 Å². The number of rotatable bonds is 5. The van der Waals surface area contributed by atoms with Crippen LogP contribution in [0, 0.1) is 16.7 Å². The Hall–Kier alpha value is -0.790. The van der Waals surface area contributed by atoms with Crippen LogP contribution in [0.25, 0.3) is 0 Å². The van der Waals surface area contributed by atoms with Crippen molar-refractivity contribution in [3.05, 3.63) is 12.2 Å². The van der Waals surface area contributed by atoms with Crippen LogP contribution in [0.3, 0.4) is 0 Å². The lowest BCUT2D eigenvalue weighted by Crippen LogP contribution is -2.28. The standard InChI is InChI=1S/C13H22O2/c1-5-6-10(2)12(3,4)9-13(7-8-13)11(14)15/h5-6,10H,7-9H2,1-4H3,(H,14,15). The van der Waals surface area contributed by atoms with Gasteiger partial charge < -0.3 is 5.11 Å².